The second kappa shape index (κ2) is 8.41. The number of hydrogen-bond acceptors (Lipinski definition) is 6. The van der Waals surface area contributed by atoms with E-state index in [1.165, 1.54) is 0 Å². The Kier molecular flexibility index (Phi) is 6.34. The first kappa shape index (κ1) is 21.1. The lowest BCUT2D eigenvalue weighted by Crippen LogP contribution is -2.57. The minimum atomic E-state index is -1.00. The molecular weight excluding hydrogens is 367 g/mol. The second-order valence-electron chi connectivity index (χ2n) is 8.95. The van der Waals surface area contributed by atoms with E-state index in [9.17, 15) is 14.0 Å². The molecule has 0 aromatic rings. The average Bonchev–Trinajstić information content (AvgIpc) is 3.01. The predicted molar refractivity (Wildman–Crippen MR) is 102 cm³/mol. The van der Waals surface area contributed by atoms with Gasteiger partial charge in [-0.05, 0) is 33.6 Å². The molecule has 3 fully saturated rings. The molecule has 0 radical (unpaired) electrons. The smallest absolute Gasteiger partial charge is 0.410 e. The summed E-state index contributed by atoms with van der Waals surface area (Å²) in [5.41, 5.74) is 5.06. The fourth-order valence-corrected chi connectivity index (χ4v) is 4.30. The predicted octanol–water partition coefficient (Wildman–Crippen LogP) is 1.58. The maximum Gasteiger partial charge on any atom is 0.410 e. The molecule has 0 spiro atoms. The summed E-state index contributed by atoms with van der Waals surface area (Å²) in [6.45, 7) is 8.63. The Morgan fingerprint density at radius 3 is 2.46 bits per heavy atom. The molecule has 2 aliphatic heterocycles. The van der Waals surface area contributed by atoms with Crippen molar-refractivity contribution in [3.05, 3.63) is 0 Å². The van der Waals surface area contributed by atoms with E-state index in [0.717, 1.165) is 6.42 Å². The van der Waals surface area contributed by atoms with Crippen LogP contribution in [-0.2, 0) is 9.47 Å². The summed E-state index contributed by atoms with van der Waals surface area (Å²) in [5.74, 6) is 0. The van der Waals surface area contributed by atoms with Crippen molar-refractivity contribution in [3.8, 4) is 0 Å². The molecule has 28 heavy (non-hydrogen) atoms. The third-order valence-corrected chi connectivity index (χ3v) is 5.75. The first-order valence-corrected chi connectivity index (χ1v) is 10.2. The van der Waals surface area contributed by atoms with Crippen molar-refractivity contribution >= 4 is 12.2 Å². The van der Waals surface area contributed by atoms with Crippen molar-refractivity contribution in [1.29, 1.82) is 0 Å². The van der Waals surface area contributed by atoms with Crippen LogP contribution in [-0.4, -0.2) is 96.1 Å². The Morgan fingerprint density at radius 1 is 1.25 bits per heavy atom. The van der Waals surface area contributed by atoms with E-state index >= 15 is 0 Å². The number of amides is 2. The van der Waals surface area contributed by atoms with Crippen LogP contribution in [0.3, 0.4) is 0 Å². The summed E-state index contributed by atoms with van der Waals surface area (Å²) in [5, 5.41) is 0. The lowest BCUT2D eigenvalue weighted by molar-refractivity contribution is -0.00610. The number of alkyl halides is 1. The number of nitrogens with zero attached hydrogens (tertiary/aromatic N) is 3. The SMILES string of the molecule is CC(C)(C)OC(=O)N1CCN(C2CCC(N3C[C@H](CN)OC3=O)CC2F)CC1. The highest BCUT2D eigenvalue weighted by Gasteiger charge is 2.42. The van der Waals surface area contributed by atoms with Crippen LogP contribution < -0.4 is 5.73 Å². The van der Waals surface area contributed by atoms with E-state index in [1.54, 1.807) is 9.80 Å². The van der Waals surface area contributed by atoms with Gasteiger partial charge in [0.1, 0.15) is 17.9 Å². The van der Waals surface area contributed by atoms with Gasteiger partial charge in [-0.1, -0.05) is 0 Å². The number of ether oxygens (including phenoxy) is 2. The molecule has 0 bridgehead atoms. The zero-order chi connectivity index (χ0) is 20.5. The number of nitrogens with two attached hydrogens (primary N) is 1. The molecule has 1 aliphatic carbocycles. The molecule has 2 amide bonds. The fraction of sp³-hybridized carbons (Fsp3) is 0.895. The quantitative estimate of drug-likeness (QED) is 0.774. The van der Waals surface area contributed by atoms with Crippen LogP contribution >= 0.6 is 0 Å². The van der Waals surface area contributed by atoms with Gasteiger partial charge in [0, 0.05) is 51.2 Å². The number of rotatable bonds is 3. The summed E-state index contributed by atoms with van der Waals surface area (Å²) < 4.78 is 25.6. The van der Waals surface area contributed by atoms with Crippen molar-refractivity contribution in [3.63, 3.8) is 0 Å². The summed E-state index contributed by atoms with van der Waals surface area (Å²) in [6, 6.07) is -0.292. The van der Waals surface area contributed by atoms with Gasteiger partial charge in [0.05, 0.1) is 6.54 Å². The third-order valence-electron chi connectivity index (χ3n) is 5.75. The molecule has 1 saturated carbocycles. The van der Waals surface area contributed by atoms with E-state index in [1.807, 2.05) is 20.8 Å². The van der Waals surface area contributed by atoms with Gasteiger partial charge in [-0.25, -0.2) is 14.0 Å². The number of carbonyl (C=O) groups is 2. The zero-order valence-electron chi connectivity index (χ0n) is 17.1. The first-order valence-electron chi connectivity index (χ1n) is 10.2. The first-order chi connectivity index (χ1) is 13.2. The normalized spacial score (nSPS) is 32.4. The van der Waals surface area contributed by atoms with Crippen LogP contribution in [0.4, 0.5) is 14.0 Å². The van der Waals surface area contributed by atoms with Gasteiger partial charge in [-0.2, -0.15) is 0 Å². The Hall–Kier alpha value is -1.61. The molecule has 3 unspecified atom stereocenters. The van der Waals surface area contributed by atoms with E-state index in [2.05, 4.69) is 4.90 Å². The average molecular weight is 400 g/mol. The zero-order valence-corrected chi connectivity index (χ0v) is 17.1. The summed E-state index contributed by atoms with van der Waals surface area (Å²) in [7, 11) is 0. The van der Waals surface area contributed by atoms with Crippen LogP contribution in [0.2, 0.25) is 0 Å². The summed E-state index contributed by atoms with van der Waals surface area (Å²) >= 11 is 0. The minimum absolute atomic E-state index is 0.127. The molecule has 0 aromatic heterocycles. The van der Waals surface area contributed by atoms with Crippen molar-refractivity contribution in [2.45, 2.75) is 70.0 Å². The number of cyclic esters (lactones) is 1. The van der Waals surface area contributed by atoms with Gasteiger partial charge in [-0.15, -0.1) is 0 Å². The van der Waals surface area contributed by atoms with E-state index in [0.29, 0.717) is 52.1 Å². The number of halogens is 1. The lowest BCUT2D eigenvalue weighted by Gasteiger charge is -2.44. The van der Waals surface area contributed by atoms with Crippen LogP contribution in [0.25, 0.3) is 0 Å². The molecule has 9 heteroatoms. The van der Waals surface area contributed by atoms with Crippen molar-refractivity contribution in [2.75, 3.05) is 39.3 Å². The summed E-state index contributed by atoms with van der Waals surface area (Å²) in [6.07, 6.45) is -0.213. The molecule has 4 atom stereocenters. The van der Waals surface area contributed by atoms with Gasteiger partial charge in [-0.3, -0.25) is 4.90 Å². The molecular formula is C19H33FN4O4. The Balaban J connectivity index is 1.48. The molecule has 8 nitrogen and oxygen atoms in total. The minimum Gasteiger partial charge on any atom is -0.444 e. The largest absolute Gasteiger partial charge is 0.444 e. The Labute approximate surface area is 166 Å². The highest BCUT2D eigenvalue weighted by molar-refractivity contribution is 5.70. The molecule has 2 heterocycles. The molecule has 160 valence electrons. The van der Waals surface area contributed by atoms with Crippen LogP contribution in [0.5, 0.6) is 0 Å². The topological polar surface area (TPSA) is 88.3 Å². The molecule has 0 aromatic carbocycles. The number of carbonyl (C=O) groups excluding carboxylic acids is 2. The van der Waals surface area contributed by atoms with Gasteiger partial charge < -0.3 is 25.0 Å². The van der Waals surface area contributed by atoms with Crippen LogP contribution in [0.15, 0.2) is 0 Å². The van der Waals surface area contributed by atoms with Crippen molar-refractivity contribution in [2.24, 2.45) is 5.73 Å². The Bertz CT molecular complexity index is 577. The van der Waals surface area contributed by atoms with Crippen molar-refractivity contribution < 1.29 is 23.5 Å². The third kappa shape index (κ3) is 4.86. The van der Waals surface area contributed by atoms with Crippen molar-refractivity contribution in [1.82, 2.24) is 14.7 Å². The van der Waals surface area contributed by atoms with Gasteiger partial charge in [0.2, 0.25) is 0 Å². The van der Waals surface area contributed by atoms with E-state index in [-0.39, 0.29) is 30.4 Å². The molecule has 2 saturated heterocycles. The number of hydrogen-bond donors (Lipinski definition) is 1. The highest BCUT2D eigenvalue weighted by Crippen LogP contribution is 2.31. The number of piperazine rings is 1. The Morgan fingerprint density at radius 2 is 1.93 bits per heavy atom. The second-order valence-corrected chi connectivity index (χ2v) is 8.95. The molecule has 2 N–H and O–H groups in total. The van der Waals surface area contributed by atoms with Crippen LogP contribution in [0.1, 0.15) is 40.0 Å². The standard InChI is InChI=1S/C19H33FN4O4/c1-19(2,3)28-17(25)23-8-6-22(7-9-23)16-5-4-13(10-15(16)20)24-12-14(11-21)27-18(24)26/h13-16H,4-12,21H2,1-3H3/t13?,14-,15?,16?/m0/s1. The maximum absolute atomic E-state index is 15.0. The summed E-state index contributed by atoms with van der Waals surface area (Å²) in [4.78, 5) is 29.6. The lowest BCUT2D eigenvalue weighted by atomic mass is 9.87. The monoisotopic (exact) mass is 400 g/mol. The van der Waals surface area contributed by atoms with Gasteiger partial charge in [0.15, 0.2) is 0 Å². The van der Waals surface area contributed by atoms with E-state index < -0.39 is 11.8 Å². The highest BCUT2D eigenvalue weighted by atomic mass is 19.1. The van der Waals surface area contributed by atoms with Crippen LogP contribution in [0, 0.1) is 0 Å². The maximum atomic E-state index is 15.0. The van der Waals surface area contributed by atoms with Gasteiger partial charge in [0.25, 0.3) is 0 Å². The van der Waals surface area contributed by atoms with Gasteiger partial charge >= 0.3 is 12.2 Å². The van der Waals surface area contributed by atoms with E-state index in [4.69, 9.17) is 15.2 Å². The molecule has 3 rings (SSSR count). The fourth-order valence-electron chi connectivity index (χ4n) is 4.30. The molecule has 3 aliphatic rings.